The zero-order valence-corrected chi connectivity index (χ0v) is 63.7. The van der Waals surface area contributed by atoms with Gasteiger partial charge in [0.1, 0.15) is 48.8 Å². The minimum atomic E-state index is -1.78. The largest absolute Gasteiger partial charge is 0.394 e. The molecular weight excluding hydrogens is 1240 g/mol. The van der Waals surface area contributed by atoms with E-state index in [9.17, 15) is 45.6 Å². The van der Waals surface area contributed by atoms with Gasteiger partial charge in [0, 0.05) is 6.42 Å². The number of amides is 1. The fourth-order valence-corrected chi connectivity index (χ4v) is 13.9. The van der Waals surface area contributed by atoms with Crippen LogP contribution in [0.3, 0.4) is 0 Å². The molecule has 2 aliphatic heterocycles. The summed E-state index contributed by atoms with van der Waals surface area (Å²) in [6, 6.07) is -0.829. The molecule has 12 atom stereocenters. The molecule has 0 aromatic rings. The van der Waals surface area contributed by atoms with Gasteiger partial charge >= 0.3 is 0 Å². The van der Waals surface area contributed by atoms with Crippen molar-refractivity contribution in [2.45, 2.75) is 453 Å². The number of carbonyl (C=O) groups excluding carboxylic acids is 1. The predicted octanol–water partition coefficient (Wildman–Crippen LogP) is 19.5. The van der Waals surface area contributed by atoms with E-state index in [1.165, 1.54) is 270 Å². The molecule has 99 heavy (non-hydrogen) atoms. The minimum absolute atomic E-state index is 0.198. The van der Waals surface area contributed by atoms with Crippen LogP contribution in [0, 0.1) is 0 Å². The second-order valence-corrected chi connectivity index (χ2v) is 29.6. The minimum Gasteiger partial charge on any atom is -0.394 e. The SMILES string of the molecule is CC/C=C\C/C=C\C/C=C\C/C=C\C/C=C\CCCCCCCCCCCCCCCCCCCCCCCCCCCC(=O)NC(COC1OC(CO)C(OC2OC(CO)C(O)C(O)C2O)C(O)C1O)C(O)CCCCCCCCCCCCCCCCCCCCCCCCCC. The lowest BCUT2D eigenvalue weighted by atomic mass is 9.97. The molecule has 2 fully saturated rings. The molecule has 2 aliphatic rings. The summed E-state index contributed by atoms with van der Waals surface area (Å²) in [7, 11) is 0. The number of hydrogen-bond acceptors (Lipinski definition) is 13. The highest BCUT2D eigenvalue weighted by atomic mass is 16.7. The molecule has 0 aliphatic carbocycles. The van der Waals surface area contributed by atoms with Gasteiger partial charge in [0.15, 0.2) is 12.6 Å². The molecule has 14 heteroatoms. The monoisotopic (exact) mass is 1400 g/mol. The summed E-state index contributed by atoms with van der Waals surface area (Å²) in [5.74, 6) is -0.198. The molecule has 0 aromatic carbocycles. The Kier molecular flexibility index (Phi) is 64.5. The van der Waals surface area contributed by atoms with Crippen molar-refractivity contribution in [3.8, 4) is 0 Å². The Balaban J connectivity index is 1.55. The fourth-order valence-electron chi connectivity index (χ4n) is 13.9. The van der Waals surface area contributed by atoms with Gasteiger partial charge in [-0.1, -0.05) is 376 Å². The maximum Gasteiger partial charge on any atom is 0.220 e. The van der Waals surface area contributed by atoms with Crippen LogP contribution >= 0.6 is 0 Å². The van der Waals surface area contributed by atoms with Crippen LogP contribution in [-0.2, 0) is 23.7 Å². The molecule has 0 aromatic heterocycles. The first-order chi connectivity index (χ1) is 48.6. The summed E-state index contributed by atoms with van der Waals surface area (Å²) < 4.78 is 23.0. The van der Waals surface area contributed by atoms with Crippen LogP contribution < -0.4 is 5.32 Å². The third-order valence-electron chi connectivity index (χ3n) is 20.5. The average molecular weight is 1400 g/mol. The second kappa shape index (κ2) is 68.8. The lowest BCUT2D eigenvalue weighted by Crippen LogP contribution is -2.65. The van der Waals surface area contributed by atoms with E-state index in [1.807, 2.05) is 0 Å². The van der Waals surface area contributed by atoms with Gasteiger partial charge in [-0.05, 0) is 57.8 Å². The summed E-state index contributed by atoms with van der Waals surface area (Å²) in [5.41, 5.74) is 0. The lowest BCUT2D eigenvalue weighted by molar-refractivity contribution is -0.359. The summed E-state index contributed by atoms with van der Waals surface area (Å²) >= 11 is 0. The first-order valence-electron chi connectivity index (χ1n) is 42.0. The number of hydrogen-bond donors (Lipinski definition) is 9. The van der Waals surface area contributed by atoms with Gasteiger partial charge in [-0.2, -0.15) is 0 Å². The number of aliphatic hydroxyl groups is 8. The Hall–Kier alpha value is -2.31. The first kappa shape index (κ1) is 92.8. The summed E-state index contributed by atoms with van der Waals surface area (Å²) in [6.45, 7) is 2.81. The standard InChI is InChI=1S/C85H157NO13/c1-3-5-7-9-11-13-15-17-19-21-23-25-27-29-30-31-32-33-34-35-36-37-38-39-40-41-42-43-44-45-47-49-51-53-55-57-59-61-63-65-67-69-77(90)86-73(72-96-84-82(95)80(93)83(76(71-88)98-84)99-85-81(94)79(92)78(91)75(70-87)97-85)74(89)68-66-64-62-60-58-56-54-52-50-48-46-28-26-24-22-20-18-16-14-12-10-8-6-4-2/h5,7,11,13,17,19,23,25,29-30,73-76,78-85,87-89,91-95H,3-4,6,8-10,12,14-16,18,20-22,24,26-28,31-72H2,1-2H3,(H,86,90)/b7-5-,13-11-,19-17-,25-23-,30-29-. The molecule has 0 bridgehead atoms. The van der Waals surface area contributed by atoms with E-state index in [-0.39, 0.29) is 12.5 Å². The first-order valence-corrected chi connectivity index (χ1v) is 42.0. The average Bonchev–Trinajstić information content (AvgIpc) is 0.799. The molecule has 2 heterocycles. The number of carbonyl (C=O) groups is 1. The van der Waals surface area contributed by atoms with E-state index in [0.717, 1.165) is 83.5 Å². The third kappa shape index (κ3) is 51.5. The summed E-state index contributed by atoms with van der Waals surface area (Å²) in [4.78, 5) is 13.4. The van der Waals surface area contributed by atoms with Gasteiger partial charge in [-0.3, -0.25) is 4.79 Å². The number of rotatable bonds is 71. The number of unbranched alkanes of at least 4 members (excludes halogenated alkanes) is 48. The topological polar surface area (TPSA) is 228 Å². The maximum atomic E-state index is 13.4. The smallest absolute Gasteiger partial charge is 0.220 e. The van der Waals surface area contributed by atoms with Gasteiger partial charge in [0.05, 0.1) is 32.0 Å². The lowest BCUT2D eigenvalue weighted by Gasteiger charge is -2.46. The molecule has 2 saturated heterocycles. The van der Waals surface area contributed by atoms with Crippen molar-refractivity contribution >= 4 is 5.91 Å². The molecule has 580 valence electrons. The highest BCUT2D eigenvalue weighted by molar-refractivity contribution is 5.76. The highest BCUT2D eigenvalue weighted by Crippen LogP contribution is 2.31. The molecular formula is C85H157NO13. The molecule has 2 rings (SSSR count). The van der Waals surface area contributed by atoms with Crippen molar-refractivity contribution in [1.82, 2.24) is 5.32 Å². The Bertz CT molecular complexity index is 1900. The zero-order valence-electron chi connectivity index (χ0n) is 63.7. The van der Waals surface area contributed by atoms with E-state index < -0.39 is 86.8 Å². The zero-order chi connectivity index (χ0) is 71.5. The van der Waals surface area contributed by atoms with E-state index in [1.54, 1.807) is 0 Å². The van der Waals surface area contributed by atoms with Gasteiger partial charge in [-0.15, -0.1) is 0 Å². The van der Waals surface area contributed by atoms with Crippen LogP contribution in [0.1, 0.15) is 380 Å². The van der Waals surface area contributed by atoms with Crippen LogP contribution in [0.25, 0.3) is 0 Å². The van der Waals surface area contributed by atoms with Crippen molar-refractivity contribution in [2.75, 3.05) is 19.8 Å². The van der Waals surface area contributed by atoms with Crippen molar-refractivity contribution in [2.24, 2.45) is 0 Å². The molecule has 0 radical (unpaired) electrons. The quantitative estimate of drug-likeness (QED) is 0.0204. The Morgan fingerprint density at radius 1 is 0.374 bits per heavy atom. The van der Waals surface area contributed by atoms with Gasteiger partial charge in [-0.25, -0.2) is 0 Å². The van der Waals surface area contributed by atoms with Crippen molar-refractivity contribution < 1.29 is 64.6 Å². The van der Waals surface area contributed by atoms with Gasteiger partial charge in [0.25, 0.3) is 0 Å². The number of aliphatic hydroxyl groups excluding tert-OH is 8. The van der Waals surface area contributed by atoms with Crippen molar-refractivity contribution in [3.63, 3.8) is 0 Å². The second-order valence-electron chi connectivity index (χ2n) is 29.6. The highest BCUT2D eigenvalue weighted by Gasteiger charge is 2.51. The Morgan fingerprint density at radius 3 is 1.07 bits per heavy atom. The van der Waals surface area contributed by atoms with Crippen LogP contribution in [0.15, 0.2) is 60.8 Å². The van der Waals surface area contributed by atoms with Crippen LogP contribution in [0.2, 0.25) is 0 Å². The predicted molar refractivity (Wildman–Crippen MR) is 411 cm³/mol. The summed E-state index contributed by atoms with van der Waals surface area (Å²) in [6.07, 6.45) is 77.1. The molecule has 0 saturated carbocycles. The molecule has 14 nitrogen and oxygen atoms in total. The van der Waals surface area contributed by atoms with Crippen LogP contribution in [-0.4, -0.2) is 140 Å². The number of allylic oxidation sites excluding steroid dienone is 10. The maximum absolute atomic E-state index is 13.4. The van der Waals surface area contributed by atoms with E-state index in [0.29, 0.717) is 12.8 Å². The van der Waals surface area contributed by atoms with Gasteiger partial charge < -0.3 is 65.1 Å². The third-order valence-corrected chi connectivity index (χ3v) is 20.5. The van der Waals surface area contributed by atoms with Gasteiger partial charge in [0.2, 0.25) is 5.91 Å². The van der Waals surface area contributed by atoms with E-state index >= 15 is 0 Å². The van der Waals surface area contributed by atoms with Crippen molar-refractivity contribution in [1.29, 1.82) is 0 Å². The number of nitrogens with one attached hydrogen (secondary N) is 1. The van der Waals surface area contributed by atoms with E-state index in [2.05, 4.69) is 79.9 Å². The fraction of sp³-hybridized carbons (Fsp3) is 0.871. The van der Waals surface area contributed by atoms with Crippen molar-refractivity contribution in [3.05, 3.63) is 60.8 Å². The molecule has 0 spiro atoms. The molecule has 12 unspecified atom stereocenters. The molecule has 1 amide bonds. The Morgan fingerprint density at radius 2 is 0.697 bits per heavy atom. The van der Waals surface area contributed by atoms with E-state index in [4.69, 9.17) is 18.9 Å². The van der Waals surface area contributed by atoms with Crippen LogP contribution in [0.4, 0.5) is 0 Å². The Labute approximate surface area is 606 Å². The molecule has 9 N–H and O–H groups in total. The summed E-state index contributed by atoms with van der Waals surface area (Å²) in [5, 5.41) is 87.9. The normalized spacial score (nSPS) is 22.2. The number of ether oxygens (including phenoxy) is 4. The van der Waals surface area contributed by atoms with Crippen LogP contribution in [0.5, 0.6) is 0 Å².